The van der Waals surface area contributed by atoms with Crippen molar-refractivity contribution >= 4 is 53.9 Å². The Labute approximate surface area is 291 Å². The summed E-state index contributed by atoms with van der Waals surface area (Å²) in [6, 6.07) is 71.3. The quantitative estimate of drug-likeness (QED) is 0.169. The molecule has 0 bridgehead atoms. The van der Waals surface area contributed by atoms with E-state index in [1.54, 1.807) is 0 Å². The van der Waals surface area contributed by atoms with Crippen molar-refractivity contribution in [1.29, 1.82) is 0 Å². The monoisotopic (exact) mass is 632 g/mol. The van der Waals surface area contributed by atoms with Crippen molar-refractivity contribution in [3.8, 4) is 44.5 Å². The number of benzene rings is 10. The van der Waals surface area contributed by atoms with Gasteiger partial charge in [-0.05, 0) is 111 Å². The molecule has 10 aromatic carbocycles. The molecule has 232 valence electrons. The topological polar surface area (TPSA) is 0 Å². The molecule has 0 heterocycles. The third kappa shape index (κ3) is 4.61. The summed E-state index contributed by atoms with van der Waals surface area (Å²) < 4.78 is 0. The summed E-state index contributed by atoms with van der Waals surface area (Å²) in [5, 5.41) is 12.7. The van der Waals surface area contributed by atoms with Crippen LogP contribution in [0.25, 0.3) is 98.4 Å². The van der Waals surface area contributed by atoms with E-state index in [1.807, 2.05) is 0 Å². The second-order valence-corrected chi connectivity index (χ2v) is 13.2. The number of rotatable bonds is 4. The Morgan fingerprint density at radius 1 is 0.180 bits per heavy atom. The van der Waals surface area contributed by atoms with Crippen LogP contribution in [0.3, 0.4) is 0 Å². The van der Waals surface area contributed by atoms with E-state index in [4.69, 9.17) is 0 Å². The first-order valence-corrected chi connectivity index (χ1v) is 17.3. The predicted molar refractivity (Wildman–Crippen MR) is 216 cm³/mol. The second kappa shape index (κ2) is 11.6. The van der Waals surface area contributed by atoms with Crippen LogP contribution in [0, 0.1) is 0 Å². The molecule has 0 amide bonds. The average Bonchev–Trinajstić information content (AvgIpc) is 3.20. The lowest BCUT2D eigenvalue weighted by Gasteiger charge is -2.16. The third-order valence-electron chi connectivity index (χ3n) is 10.5. The molecule has 0 saturated heterocycles. The largest absolute Gasteiger partial charge is 0.0616 e. The maximum Gasteiger partial charge on any atom is -0.00923 e. The summed E-state index contributed by atoms with van der Waals surface area (Å²) >= 11 is 0. The van der Waals surface area contributed by atoms with Crippen molar-refractivity contribution in [1.82, 2.24) is 0 Å². The second-order valence-electron chi connectivity index (χ2n) is 13.2. The fourth-order valence-electron chi connectivity index (χ4n) is 8.04. The molecular formula is C50H32. The van der Waals surface area contributed by atoms with Gasteiger partial charge >= 0.3 is 0 Å². The lowest BCUT2D eigenvalue weighted by atomic mass is 9.87. The van der Waals surface area contributed by atoms with E-state index in [1.165, 1.54) is 98.4 Å². The number of hydrogen-bond donors (Lipinski definition) is 0. The van der Waals surface area contributed by atoms with Gasteiger partial charge in [-0.25, -0.2) is 0 Å². The summed E-state index contributed by atoms with van der Waals surface area (Å²) in [7, 11) is 0. The highest BCUT2D eigenvalue weighted by atomic mass is 14.2. The average molecular weight is 633 g/mol. The van der Waals surface area contributed by atoms with Crippen LogP contribution < -0.4 is 0 Å². The van der Waals surface area contributed by atoms with Crippen molar-refractivity contribution in [3.05, 3.63) is 194 Å². The molecule has 0 radical (unpaired) electrons. The maximum atomic E-state index is 2.42. The van der Waals surface area contributed by atoms with Gasteiger partial charge in [0.2, 0.25) is 0 Å². The van der Waals surface area contributed by atoms with Crippen LogP contribution in [0.15, 0.2) is 194 Å². The lowest BCUT2D eigenvalue weighted by molar-refractivity contribution is 1.63. The van der Waals surface area contributed by atoms with E-state index in [0.717, 1.165) is 0 Å². The molecule has 0 heteroatoms. The summed E-state index contributed by atoms with van der Waals surface area (Å²) in [5.41, 5.74) is 9.97. The van der Waals surface area contributed by atoms with Crippen molar-refractivity contribution < 1.29 is 0 Å². The smallest absolute Gasteiger partial charge is 0.00923 e. The highest BCUT2D eigenvalue weighted by Gasteiger charge is 2.15. The Kier molecular flexibility index (Phi) is 6.60. The molecule has 0 unspecified atom stereocenters. The highest BCUT2D eigenvalue weighted by Crippen LogP contribution is 2.42. The highest BCUT2D eigenvalue weighted by molar-refractivity contribution is 6.24. The van der Waals surface area contributed by atoms with Crippen LogP contribution in [-0.2, 0) is 0 Å². The van der Waals surface area contributed by atoms with E-state index >= 15 is 0 Å². The van der Waals surface area contributed by atoms with Crippen molar-refractivity contribution in [3.63, 3.8) is 0 Å². The van der Waals surface area contributed by atoms with Crippen LogP contribution in [-0.4, -0.2) is 0 Å². The van der Waals surface area contributed by atoms with Gasteiger partial charge in [-0.2, -0.15) is 0 Å². The van der Waals surface area contributed by atoms with Crippen molar-refractivity contribution in [2.24, 2.45) is 0 Å². The molecule has 0 aliphatic heterocycles. The molecule has 10 aromatic rings. The van der Waals surface area contributed by atoms with Crippen LogP contribution >= 0.6 is 0 Å². The molecule has 0 aliphatic rings. The van der Waals surface area contributed by atoms with E-state index in [9.17, 15) is 0 Å². The minimum absolute atomic E-state index is 1.23. The zero-order valence-electron chi connectivity index (χ0n) is 27.5. The van der Waals surface area contributed by atoms with Gasteiger partial charge in [-0.3, -0.25) is 0 Å². The summed E-state index contributed by atoms with van der Waals surface area (Å²) in [6.07, 6.45) is 0. The Bertz CT molecular complexity index is 2680. The maximum absolute atomic E-state index is 2.42. The first-order valence-electron chi connectivity index (χ1n) is 17.3. The third-order valence-corrected chi connectivity index (χ3v) is 10.5. The van der Waals surface area contributed by atoms with E-state index < -0.39 is 0 Å². The summed E-state index contributed by atoms with van der Waals surface area (Å²) in [6.45, 7) is 0. The minimum atomic E-state index is 1.23. The van der Waals surface area contributed by atoms with Crippen molar-refractivity contribution in [2.75, 3.05) is 0 Å². The van der Waals surface area contributed by atoms with Gasteiger partial charge in [-0.1, -0.05) is 182 Å². The van der Waals surface area contributed by atoms with Gasteiger partial charge in [0.1, 0.15) is 0 Å². The Morgan fingerprint density at radius 3 is 0.880 bits per heavy atom. The summed E-state index contributed by atoms with van der Waals surface area (Å²) in [5.74, 6) is 0. The molecular weight excluding hydrogens is 601 g/mol. The standard InChI is InChI=1S/C50H32/c1-3-15-39-33(11-1)13-9-21-41(39)35-23-27-37(28-24-35)47-31-49-46-20-8-6-18-44(46)48(32-50(49)45-19-7-5-17-43(45)47)38-29-25-36(26-30-38)42-22-10-14-34-12-2-4-16-40(34)42/h1-32H. The molecule has 0 N–H and O–H groups in total. The number of hydrogen-bond acceptors (Lipinski definition) is 0. The molecule has 0 aliphatic carbocycles. The van der Waals surface area contributed by atoms with Gasteiger partial charge in [0, 0.05) is 0 Å². The fourth-order valence-corrected chi connectivity index (χ4v) is 8.04. The van der Waals surface area contributed by atoms with Crippen LogP contribution in [0.2, 0.25) is 0 Å². The Morgan fingerprint density at radius 2 is 0.480 bits per heavy atom. The Balaban J connectivity index is 1.12. The van der Waals surface area contributed by atoms with Crippen LogP contribution in [0.4, 0.5) is 0 Å². The zero-order chi connectivity index (χ0) is 33.0. The summed E-state index contributed by atoms with van der Waals surface area (Å²) in [4.78, 5) is 0. The molecule has 0 fully saturated rings. The van der Waals surface area contributed by atoms with Crippen molar-refractivity contribution in [2.45, 2.75) is 0 Å². The molecule has 50 heavy (non-hydrogen) atoms. The minimum Gasteiger partial charge on any atom is -0.0616 e. The first kappa shape index (κ1) is 28.5. The van der Waals surface area contributed by atoms with Crippen LogP contribution in [0.1, 0.15) is 0 Å². The van der Waals surface area contributed by atoms with Gasteiger partial charge in [0.05, 0.1) is 0 Å². The SMILES string of the molecule is c1ccc2c(-c3ccc(-c4cc5c6ccccc6c(-c6ccc(-c7cccc8ccccc78)cc6)cc5c5ccccc45)cc3)cccc2c1. The fraction of sp³-hybridized carbons (Fsp3) is 0. The molecule has 0 aromatic heterocycles. The zero-order valence-corrected chi connectivity index (χ0v) is 27.5. The molecule has 10 rings (SSSR count). The molecule has 0 nitrogen and oxygen atoms in total. The normalized spacial score (nSPS) is 11.6. The van der Waals surface area contributed by atoms with Gasteiger partial charge < -0.3 is 0 Å². The van der Waals surface area contributed by atoms with E-state index in [-0.39, 0.29) is 0 Å². The molecule has 0 atom stereocenters. The lowest BCUT2D eigenvalue weighted by Crippen LogP contribution is -1.89. The number of fused-ring (bicyclic) bond motifs is 7. The van der Waals surface area contributed by atoms with E-state index in [0.29, 0.717) is 0 Å². The molecule has 0 spiro atoms. The van der Waals surface area contributed by atoms with E-state index in [2.05, 4.69) is 194 Å². The first-order chi connectivity index (χ1) is 24.8. The van der Waals surface area contributed by atoms with Gasteiger partial charge in [-0.15, -0.1) is 0 Å². The Hall–Kier alpha value is -6.50. The molecule has 0 saturated carbocycles. The predicted octanol–water partition coefficient (Wildman–Crippen LogP) is 14.1. The van der Waals surface area contributed by atoms with Gasteiger partial charge in [0.25, 0.3) is 0 Å². The van der Waals surface area contributed by atoms with Crippen LogP contribution in [0.5, 0.6) is 0 Å². The van der Waals surface area contributed by atoms with Gasteiger partial charge in [0.15, 0.2) is 0 Å².